The van der Waals surface area contributed by atoms with E-state index in [0.717, 1.165) is 30.2 Å². The number of nitrogens with zero attached hydrogens (tertiary/aromatic N) is 1. The highest BCUT2D eigenvalue weighted by Crippen LogP contribution is 2.28. The van der Waals surface area contributed by atoms with Crippen LogP contribution in [0.2, 0.25) is 0 Å². The SMILES string of the molecule is Cc1cc2nc(C3COC3)oc2cc1C. The van der Waals surface area contributed by atoms with E-state index in [-0.39, 0.29) is 0 Å². The molecule has 1 fully saturated rings. The Balaban J connectivity index is 2.12. The van der Waals surface area contributed by atoms with Crippen molar-refractivity contribution in [2.24, 2.45) is 0 Å². The van der Waals surface area contributed by atoms with E-state index in [4.69, 9.17) is 9.15 Å². The summed E-state index contributed by atoms with van der Waals surface area (Å²) in [6, 6.07) is 4.14. The maximum absolute atomic E-state index is 5.72. The molecule has 2 aromatic rings. The third-order valence-corrected chi connectivity index (χ3v) is 3.01. The summed E-state index contributed by atoms with van der Waals surface area (Å²) >= 11 is 0. The topological polar surface area (TPSA) is 35.3 Å². The van der Waals surface area contributed by atoms with Gasteiger partial charge in [0, 0.05) is 0 Å². The van der Waals surface area contributed by atoms with Crippen LogP contribution in [0.1, 0.15) is 22.9 Å². The summed E-state index contributed by atoms with van der Waals surface area (Å²) in [5, 5.41) is 0. The largest absolute Gasteiger partial charge is 0.440 e. The maximum atomic E-state index is 5.72. The van der Waals surface area contributed by atoms with E-state index >= 15 is 0 Å². The van der Waals surface area contributed by atoms with Crippen molar-refractivity contribution in [1.29, 1.82) is 0 Å². The molecular weight excluding hydrogens is 190 g/mol. The first-order chi connectivity index (χ1) is 7.24. The molecule has 3 rings (SSSR count). The standard InChI is InChI=1S/C12H13NO2/c1-7-3-10-11(4-8(7)2)15-12(13-10)9-5-14-6-9/h3-4,9H,5-6H2,1-2H3. The van der Waals surface area contributed by atoms with Crippen LogP contribution in [0, 0.1) is 13.8 Å². The summed E-state index contributed by atoms with van der Waals surface area (Å²) in [4.78, 5) is 4.49. The summed E-state index contributed by atoms with van der Waals surface area (Å²) in [7, 11) is 0. The van der Waals surface area contributed by atoms with Gasteiger partial charge in [-0.1, -0.05) is 0 Å². The van der Waals surface area contributed by atoms with Gasteiger partial charge in [0.15, 0.2) is 5.58 Å². The third-order valence-electron chi connectivity index (χ3n) is 3.01. The summed E-state index contributed by atoms with van der Waals surface area (Å²) in [6.45, 7) is 5.66. The van der Waals surface area contributed by atoms with Gasteiger partial charge in [0.05, 0.1) is 19.1 Å². The average Bonchev–Trinajstić information content (AvgIpc) is 2.45. The summed E-state index contributed by atoms with van der Waals surface area (Å²) in [6.07, 6.45) is 0. The number of hydrogen-bond acceptors (Lipinski definition) is 3. The van der Waals surface area contributed by atoms with Crippen molar-refractivity contribution in [3.63, 3.8) is 0 Å². The Morgan fingerprint density at radius 1 is 1.20 bits per heavy atom. The minimum Gasteiger partial charge on any atom is -0.440 e. The van der Waals surface area contributed by atoms with Gasteiger partial charge in [-0.05, 0) is 37.1 Å². The Morgan fingerprint density at radius 2 is 1.93 bits per heavy atom. The molecule has 15 heavy (non-hydrogen) atoms. The van der Waals surface area contributed by atoms with Crippen LogP contribution in [0.5, 0.6) is 0 Å². The van der Waals surface area contributed by atoms with Crippen molar-refractivity contribution >= 4 is 11.1 Å². The van der Waals surface area contributed by atoms with E-state index in [1.54, 1.807) is 0 Å². The molecule has 78 valence electrons. The molecule has 0 radical (unpaired) electrons. The Morgan fingerprint density at radius 3 is 2.60 bits per heavy atom. The van der Waals surface area contributed by atoms with E-state index in [0.29, 0.717) is 5.92 Å². The Hall–Kier alpha value is -1.35. The molecule has 0 unspecified atom stereocenters. The molecule has 0 atom stereocenters. The second kappa shape index (κ2) is 3.07. The van der Waals surface area contributed by atoms with E-state index in [1.807, 2.05) is 0 Å². The molecule has 0 spiro atoms. The van der Waals surface area contributed by atoms with Gasteiger partial charge in [0.25, 0.3) is 0 Å². The first-order valence-electron chi connectivity index (χ1n) is 5.19. The second-order valence-electron chi connectivity index (χ2n) is 4.19. The lowest BCUT2D eigenvalue weighted by Crippen LogP contribution is -2.25. The highest BCUT2D eigenvalue weighted by Gasteiger charge is 2.25. The lowest BCUT2D eigenvalue weighted by atomic mass is 10.1. The smallest absolute Gasteiger partial charge is 0.203 e. The monoisotopic (exact) mass is 203 g/mol. The number of benzene rings is 1. The van der Waals surface area contributed by atoms with Gasteiger partial charge in [-0.25, -0.2) is 4.98 Å². The molecule has 1 saturated heterocycles. The van der Waals surface area contributed by atoms with Gasteiger partial charge in [0.1, 0.15) is 5.52 Å². The molecule has 1 aliphatic heterocycles. The molecule has 2 heterocycles. The fourth-order valence-electron chi connectivity index (χ4n) is 1.75. The van der Waals surface area contributed by atoms with Crippen LogP contribution in [0.4, 0.5) is 0 Å². The fraction of sp³-hybridized carbons (Fsp3) is 0.417. The van der Waals surface area contributed by atoms with Gasteiger partial charge in [-0.15, -0.1) is 0 Å². The summed E-state index contributed by atoms with van der Waals surface area (Å²) in [5.41, 5.74) is 4.35. The Kier molecular flexibility index (Phi) is 1.83. The first kappa shape index (κ1) is 8.92. The number of fused-ring (bicyclic) bond motifs is 1. The zero-order chi connectivity index (χ0) is 10.4. The van der Waals surface area contributed by atoms with Crippen LogP contribution in [0.25, 0.3) is 11.1 Å². The van der Waals surface area contributed by atoms with E-state index in [1.165, 1.54) is 11.1 Å². The molecule has 1 aromatic carbocycles. The van der Waals surface area contributed by atoms with Crippen molar-refractivity contribution in [3.8, 4) is 0 Å². The van der Waals surface area contributed by atoms with Crippen LogP contribution < -0.4 is 0 Å². The first-order valence-corrected chi connectivity index (χ1v) is 5.19. The van der Waals surface area contributed by atoms with Gasteiger partial charge in [0.2, 0.25) is 5.89 Å². The molecule has 3 nitrogen and oxygen atoms in total. The molecule has 0 aliphatic carbocycles. The normalized spacial score (nSPS) is 16.9. The lowest BCUT2D eigenvalue weighted by molar-refractivity contribution is -0.00172. The molecule has 0 saturated carbocycles. The average molecular weight is 203 g/mol. The lowest BCUT2D eigenvalue weighted by Gasteiger charge is -2.22. The quantitative estimate of drug-likeness (QED) is 0.714. The molecule has 0 bridgehead atoms. The van der Waals surface area contributed by atoms with Crippen LogP contribution >= 0.6 is 0 Å². The number of oxazole rings is 1. The van der Waals surface area contributed by atoms with Crippen molar-refractivity contribution < 1.29 is 9.15 Å². The minimum atomic E-state index is 0.359. The van der Waals surface area contributed by atoms with Crippen molar-refractivity contribution in [1.82, 2.24) is 4.98 Å². The van der Waals surface area contributed by atoms with Gasteiger partial charge in [-0.2, -0.15) is 0 Å². The van der Waals surface area contributed by atoms with Crippen molar-refractivity contribution in [2.75, 3.05) is 13.2 Å². The molecule has 1 aromatic heterocycles. The molecule has 0 N–H and O–H groups in total. The maximum Gasteiger partial charge on any atom is 0.203 e. The number of aromatic nitrogens is 1. The van der Waals surface area contributed by atoms with Crippen LogP contribution in [0.15, 0.2) is 16.5 Å². The minimum absolute atomic E-state index is 0.359. The van der Waals surface area contributed by atoms with Gasteiger partial charge in [-0.3, -0.25) is 0 Å². The van der Waals surface area contributed by atoms with Crippen molar-refractivity contribution in [3.05, 3.63) is 29.2 Å². The zero-order valence-electron chi connectivity index (χ0n) is 8.91. The number of hydrogen-bond donors (Lipinski definition) is 0. The Bertz CT molecular complexity index is 473. The highest BCUT2D eigenvalue weighted by molar-refractivity contribution is 5.74. The zero-order valence-corrected chi connectivity index (χ0v) is 8.91. The number of aryl methyl sites for hydroxylation is 2. The van der Waals surface area contributed by atoms with E-state index < -0.39 is 0 Å². The molecular formula is C12H13NO2. The fourth-order valence-corrected chi connectivity index (χ4v) is 1.75. The van der Waals surface area contributed by atoms with Crippen LogP contribution in [-0.4, -0.2) is 18.2 Å². The molecule has 0 amide bonds. The van der Waals surface area contributed by atoms with E-state index in [2.05, 4.69) is 31.0 Å². The van der Waals surface area contributed by atoms with Crippen molar-refractivity contribution in [2.45, 2.75) is 19.8 Å². The Labute approximate surface area is 88.1 Å². The predicted molar refractivity (Wildman–Crippen MR) is 57.0 cm³/mol. The molecule has 1 aliphatic rings. The molecule has 3 heteroatoms. The third kappa shape index (κ3) is 1.35. The second-order valence-corrected chi connectivity index (χ2v) is 4.19. The van der Waals surface area contributed by atoms with Gasteiger partial charge < -0.3 is 9.15 Å². The number of ether oxygens (including phenoxy) is 1. The van der Waals surface area contributed by atoms with Crippen LogP contribution in [0.3, 0.4) is 0 Å². The van der Waals surface area contributed by atoms with Gasteiger partial charge >= 0.3 is 0 Å². The highest BCUT2D eigenvalue weighted by atomic mass is 16.5. The predicted octanol–water partition coefficient (Wildman–Crippen LogP) is 2.56. The summed E-state index contributed by atoms with van der Waals surface area (Å²) < 4.78 is 10.8. The van der Waals surface area contributed by atoms with Crippen LogP contribution in [-0.2, 0) is 4.74 Å². The number of rotatable bonds is 1. The summed E-state index contributed by atoms with van der Waals surface area (Å²) in [5.74, 6) is 1.18. The van der Waals surface area contributed by atoms with E-state index in [9.17, 15) is 0 Å².